The Balaban J connectivity index is 1.57. The summed E-state index contributed by atoms with van der Waals surface area (Å²) >= 11 is 1.45. The molecule has 0 radical (unpaired) electrons. The minimum Gasteiger partial charge on any atom is -0.356 e. The molecule has 0 saturated carbocycles. The maximum atomic E-state index is 12.4. The van der Waals surface area contributed by atoms with Crippen molar-refractivity contribution in [3.63, 3.8) is 0 Å². The van der Waals surface area contributed by atoms with Gasteiger partial charge in [0.05, 0.1) is 5.92 Å². The van der Waals surface area contributed by atoms with Crippen molar-refractivity contribution in [2.45, 2.75) is 46.0 Å². The number of nitrogens with zero attached hydrogens (tertiary/aromatic N) is 4. The molecule has 2 aliphatic heterocycles. The first-order valence-electron chi connectivity index (χ1n) is 9.21. The number of amides is 2. The molecule has 0 aliphatic carbocycles. The summed E-state index contributed by atoms with van der Waals surface area (Å²) in [6.45, 7) is 7.36. The fourth-order valence-electron chi connectivity index (χ4n) is 3.29. The van der Waals surface area contributed by atoms with Crippen LogP contribution in [0.3, 0.4) is 0 Å². The molecule has 0 spiro atoms. The van der Waals surface area contributed by atoms with Crippen LogP contribution in [0.1, 0.15) is 46.0 Å². The molecule has 8 heteroatoms. The summed E-state index contributed by atoms with van der Waals surface area (Å²) in [6, 6.07) is 0. The number of aromatic nitrogens is 2. The van der Waals surface area contributed by atoms with Gasteiger partial charge in [0.2, 0.25) is 22.1 Å². The lowest BCUT2D eigenvalue weighted by Crippen LogP contribution is -2.43. The van der Waals surface area contributed by atoms with Crippen LogP contribution in [0.5, 0.6) is 0 Å². The fourth-order valence-corrected chi connectivity index (χ4v) is 4.21. The Morgan fingerprint density at radius 3 is 2.80 bits per heavy atom. The van der Waals surface area contributed by atoms with Gasteiger partial charge in [-0.1, -0.05) is 25.2 Å². The van der Waals surface area contributed by atoms with E-state index in [1.165, 1.54) is 11.3 Å². The Labute approximate surface area is 152 Å². The molecule has 2 aliphatic rings. The molecule has 1 aromatic rings. The molecule has 2 fully saturated rings. The van der Waals surface area contributed by atoms with Gasteiger partial charge in [0, 0.05) is 32.6 Å². The minimum atomic E-state index is 0.00156. The number of carbonyl (C=O) groups excluding carboxylic acids is 2. The van der Waals surface area contributed by atoms with Crippen molar-refractivity contribution in [3.05, 3.63) is 0 Å². The molecule has 0 bridgehead atoms. The second-order valence-electron chi connectivity index (χ2n) is 7.27. The molecule has 0 aromatic carbocycles. The quantitative estimate of drug-likeness (QED) is 0.835. The first-order valence-corrected chi connectivity index (χ1v) is 10.0. The van der Waals surface area contributed by atoms with Crippen molar-refractivity contribution in [1.82, 2.24) is 15.5 Å². The van der Waals surface area contributed by atoms with Crippen LogP contribution < -0.4 is 15.1 Å². The molecule has 7 nitrogen and oxygen atoms in total. The highest BCUT2D eigenvalue weighted by molar-refractivity contribution is 7.19. The first kappa shape index (κ1) is 18.1. The maximum Gasteiger partial charge on any atom is 0.228 e. The van der Waals surface area contributed by atoms with E-state index in [0.29, 0.717) is 24.0 Å². The molecule has 3 heterocycles. The lowest BCUT2D eigenvalue weighted by Gasteiger charge is -2.31. The molecule has 1 N–H and O–H groups in total. The van der Waals surface area contributed by atoms with Gasteiger partial charge in [0.25, 0.3) is 0 Å². The minimum absolute atomic E-state index is 0.00156. The predicted octanol–water partition coefficient (Wildman–Crippen LogP) is 2.04. The zero-order valence-electron chi connectivity index (χ0n) is 15.0. The molecule has 2 amide bonds. The monoisotopic (exact) mass is 365 g/mol. The average molecular weight is 366 g/mol. The summed E-state index contributed by atoms with van der Waals surface area (Å²) in [5.41, 5.74) is 0. The summed E-state index contributed by atoms with van der Waals surface area (Å²) < 4.78 is 0. The van der Waals surface area contributed by atoms with E-state index in [0.717, 1.165) is 50.4 Å². The van der Waals surface area contributed by atoms with Crippen LogP contribution in [0.15, 0.2) is 0 Å². The van der Waals surface area contributed by atoms with Crippen molar-refractivity contribution in [2.75, 3.05) is 36.0 Å². The molecular weight excluding hydrogens is 338 g/mol. The van der Waals surface area contributed by atoms with E-state index < -0.39 is 0 Å². The van der Waals surface area contributed by atoms with Gasteiger partial charge in [-0.05, 0) is 31.6 Å². The Bertz CT molecular complexity index is 618. The number of carbonyl (C=O) groups is 2. The van der Waals surface area contributed by atoms with E-state index in [-0.39, 0.29) is 17.7 Å². The Morgan fingerprint density at radius 1 is 1.28 bits per heavy atom. The highest BCUT2D eigenvalue weighted by Gasteiger charge is 2.29. The number of nitrogens with one attached hydrogen (secondary N) is 1. The van der Waals surface area contributed by atoms with Gasteiger partial charge in [0.15, 0.2) is 0 Å². The van der Waals surface area contributed by atoms with Gasteiger partial charge in [0.1, 0.15) is 0 Å². The second kappa shape index (κ2) is 8.12. The summed E-state index contributed by atoms with van der Waals surface area (Å²) in [4.78, 5) is 28.1. The lowest BCUT2D eigenvalue weighted by molar-refractivity contribution is -0.125. The maximum absolute atomic E-state index is 12.4. The van der Waals surface area contributed by atoms with Gasteiger partial charge >= 0.3 is 0 Å². The number of hydrogen-bond acceptors (Lipinski definition) is 6. The van der Waals surface area contributed by atoms with Crippen LogP contribution in [0.4, 0.5) is 10.3 Å². The van der Waals surface area contributed by atoms with E-state index in [4.69, 9.17) is 0 Å². The average Bonchev–Trinajstić information content (AvgIpc) is 3.23. The molecule has 1 aromatic heterocycles. The summed E-state index contributed by atoms with van der Waals surface area (Å²) in [6.07, 6.45) is 4.37. The molecule has 25 heavy (non-hydrogen) atoms. The molecular formula is C17H27N5O2S. The van der Waals surface area contributed by atoms with Crippen molar-refractivity contribution >= 4 is 33.4 Å². The van der Waals surface area contributed by atoms with Crippen LogP contribution in [0, 0.1) is 11.8 Å². The van der Waals surface area contributed by atoms with E-state index in [1.807, 2.05) is 0 Å². The van der Waals surface area contributed by atoms with Crippen LogP contribution in [-0.4, -0.2) is 48.2 Å². The van der Waals surface area contributed by atoms with E-state index in [2.05, 4.69) is 34.3 Å². The van der Waals surface area contributed by atoms with Crippen LogP contribution >= 0.6 is 11.3 Å². The molecule has 1 unspecified atom stereocenters. The van der Waals surface area contributed by atoms with Gasteiger partial charge in [-0.25, -0.2) is 0 Å². The van der Waals surface area contributed by atoms with Crippen LogP contribution in [-0.2, 0) is 9.59 Å². The highest BCUT2D eigenvalue weighted by Crippen LogP contribution is 2.32. The number of hydrogen-bond donors (Lipinski definition) is 1. The van der Waals surface area contributed by atoms with Gasteiger partial charge in [-0.2, -0.15) is 0 Å². The summed E-state index contributed by atoms with van der Waals surface area (Å²) in [5, 5.41) is 13.0. The fraction of sp³-hybridized carbons (Fsp3) is 0.765. The largest absolute Gasteiger partial charge is 0.356 e. The Kier molecular flexibility index (Phi) is 5.88. The smallest absolute Gasteiger partial charge is 0.228 e. The Morgan fingerprint density at radius 2 is 2.08 bits per heavy atom. The van der Waals surface area contributed by atoms with Gasteiger partial charge in [-0.3, -0.25) is 14.5 Å². The number of piperidine rings is 1. The van der Waals surface area contributed by atoms with Crippen molar-refractivity contribution in [1.29, 1.82) is 0 Å². The number of anilines is 2. The molecule has 138 valence electrons. The predicted molar refractivity (Wildman–Crippen MR) is 98.9 cm³/mol. The zero-order valence-corrected chi connectivity index (χ0v) is 15.8. The van der Waals surface area contributed by atoms with E-state index in [1.54, 1.807) is 4.90 Å². The topological polar surface area (TPSA) is 78.4 Å². The van der Waals surface area contributed by atoms with Crippen LogP contribution in [0.25, 0.3) is 0 Å². The van der Waals surface area contributed by atoms with Crippen LogP contribution in [0.2, 0.25) is 0 Å². The van der Waals surface area contributed by atoms with Crippen molar-refractivity contribution < 1.29 is 9.59 Å². The lowest BCUT2D eigenvalue weighted by atomic mass is 9.97. The normalized spacial score (nSPS) is 21.2. The van der Waals surface area contributed by atoms with Gasteiger partial charge < -0.3 is 10.2 Å². The van der Waals surface area contributed by atoms with E-state index >= 15 is 0 Å². The summed E-state index contributed by atoms with van der Waals surface area (Å²) in [5.74, 6) is 0.867. The van der Waals surface area contributed by atoms with E-state index in [9.17, 15) is 9.59 Å². The third-order valence-corrected chi connectivity index (χ3v) is 5.80. The SMILES string of the molecule is CC(C)CCNC(=O)C1CCCN(c2nnc(N3CCCC3=O)s2)C1. The third kappa shape index (κ3) is 4.48. The highest BCUT2D eigenvalue weighted by atomic mass is 32.1. The standard InChI is InChI=1S/C17H27N5O2S/c1-12(2)7-8-18-15(24)13-5-3-9-21(11-13)16-19-20-17(25-16)22-10-4-6-14(22)23/h12-13H,3-11H2,1-2H3,(H,18,24). The zero-order chi connectivity index (χ0) is 17.8. The van der Waals surface area contributed by atoms with Gasteiger partial charge in [-0.15, -0.1) is 10.2 Å². The van der Waals surface area contributed by atoms with Crippen molar-refractivity contribution in [3.8, 4) is 0 Å². The molecule has 1 atom stereocenters. The third-order valence-electron chi connectivity index (χ3n) is 4.79. The second-order valence-corrected chi connectivity index (χ2v) is 8.21. The van der Waals surface area contributed by atoms with Crippen molar-refractivity contribution in [2.24, 2.45) is 11.8 Å². The first-order chi connectivity index (χ1) is 12.0. The molecule has 3 rings (SSSR count). The molecule has 2 saturated heterocycles. The number of rotatable bonds is 6. The Hall–Kier alpha value is -1.70. The summed E-state index contributed by atoms with van der Waals surface area (Å²) in [7, 11) is 0.